The molecule has 15 heteroatoms. The average molecular weight is 958 g/mol. The summed E-state index contributed by atoms with van der Waals surface area (Å²) >= 11 is 0. The van der Waals surface area contributed by atoms with Gasteiger partial charge in [0, 0.05) is 13.2 Å². The minimum absolute atomic E-state index is 0.00678. The van der Waals surface area contributed by atoms with Gasteiger partial charge in [0.15, 0.2) is 0 Å². The lowest BCUT2D eigenvalue weighted by Gasteiger charge is -2.31. The van der Waals surface area contributed by atoms with E-state index in [1.54, 1.807) is 27.7 Å². The molecule has 2 heterocycles. The number of carbonyl (C=O) groups is 6. The molecule has 3 aromatic rings. The van der Waals surface area contributed by atoms with Gasteiger partial charge in [-0.05, 0) is 122 Å². The Morgan fingerprint density at radius 3 is 1.62 bits per heavy atom. The van der Waals surface area contributed by atoms with E-state index in [9.17, 15) is 33.9 Å². The van der Waals surface area contributed by atoms with Crippen LogP contribution in [0.15, 0.2) is 96.1 Å². The molecular weight excluding hydrogens is 879 g/mol. The molecule has 0 spiro atoms. The Hall–Kier alpha value is -5.64. The summed E-state index contributed by atoms with van der Waals surface area (Å²) in [4.78, 5) is 81.5. The van der Waals surface area contributed by atoms with Gasteiger partial charge >= 0.3 is 23.9 Å². The molecule has 0 aromatic heterocycles. The average Bonchev–Trinajstić information content (AvgIpc) is 3.70. The lowest BCUT2D eigenvalue weighted by Crippen LogP contribution is -2.36. The summed E-state index contributed by atoms with van der Waals surface area (Å²) < 4.78 is 9.80. The van der Waals surface area contributed by atoms with Crippen molar-refractivity contribution < 1.29 is 48.5 Å². The third kappa shape index (κ3) is 19.3. The van der Waals surface area contributed by atoms with E-state index in [0.717, 1.165) is 30.6 Å². The molecular formula is C54H79N5O10. The number of carboxylic acids is 1. The molecule has 2 saturated heterocycles. The Balaban J connectivity index is 0.000000473. The maximum atomic E-state index is 14.1. The fraction of sp³-hybridized carbons (Fsp3) is 0.556. The van der Waals surface area contributed by atoms with E-state index in [0.29, 0.717) is 32.4 Å². The summed E-state index contributed by atoms with van der Waals surface area (Å²) in [6.45, 7) is 13.9. The van der Waals surface area contributed by atoms with Gasteiger partial charge in [-0.3, -0.25) is 33.7 Å². The van der Waals surface area contributed by atoms with E-state index in [1.807, 2.05) is 124 Å². The molecule has 69 heavy (non-hydrogen) atoms. The molecule has 2 aliphatic rings. The van der Waals surface area contributed by atoms with Gasteiger partial charge in [0.05, 0.1) is 48.7 Å². The first-order valence-electron chi connectivity index (χ1n) is 24.2. The van der Waals surface area contributed by atoms with Gasteiger partial charge in [0.25, 0.3) is 0 Å². The lowest BCUT2D eigenvalue weighted by molar-refractivity contribution is -0.157. The van der Waals surface area contributed by atoms with E-state index in [2.05, 4.69) is 28.6 Å². The number of aliphatic hydroxyl groups excluding tert-OH is 1. The van der Waals surface area contributed by atoms with E-state index in [1.165, 1.54) is 10.5 Å². The second-order valence-electron chi connectivity index (χ2n) is 18.4. The summed E-state index contributed by atoms with van der Waals surface area (Å²) in [7, 11) is 7.93. The summed E-state index contributed by atoms with van der Waals surface area (Å²) in [5.74, 6) is -7.21. The van der Waals surface area contributed by atoms with Crippen molar-refractivity contribution in [1.29, 1.82) is 5.53 Å². The minimum atomic E-state index is -1.12. The molecule has 0 aliphatic carbocycles. The van der Waals surface area contributed by atoms with Crippen molar-refractivity contribution in [1.82, 2.24) is 14.7 Å². The van der Waals surface area contributed by atoms with Gasteiger partial charge in [0.2, 0.25) is 11.8 Å². The number of amides is 2. The van der Waals surface area contributed by atoms with Crippen molar-refractivity contribution in [2.75, 3.05) is 67.6 Å². The zero-order valence-electron chi connectivity index (χ0n) is 42.6. The van der Waals surface area contributed by atoms with Crippen LogP contribution >= 0.6 is 0 Å². The van der Waals surface area contributed by atoms with Crippen molar-refractivity contribution >= 4 is 35.7 Å². The SMILES string of the molecule is CC(CC1C(=O)OC(=O)C1C)c1ccccc1.CCO.CCOC(=O)C(C)C(CC(c1ccccc1)C1C(=O)N(CCCN(C)C)C(=O)C1CC(C)c1ccccc1)C(=O)O.CN(C)CCCN=N. The van der Waals surface area contributed by atoms with Gasteiger partial charge in [-0.15, -0.1) is 0 Å². The van der Waals surface area contributed by atoms with Crippen molar-refractivity contribution in [3.63, 3.8) is 0 Å². The Kier molecular flexibility index (Phi) is 27.1. The summed E-state index contributed by atoms with van der Waals surface area (Å²) in [5, 5.41) is 21.0. The largest absolute Gasteiger partial charge is 0.481 e. The molecule has 15 nitrogen and oxygen atoms in total. The highest BCUT2D eigenvalue weighted by Gasteiger charge is 2.52. The molecule has 0 saturated carbocycles. The number of benzene rings is 3. The van der Waals surface area contributed by atoms with Crippen LogP contribution in [0.1, 0.15) is 108 Å². The van der Waals surface area contributed by atoms with Gasteiger partial charge < -0.3 is 29.5 Å². The van der Waals surface area contributed by atoms with Crippen LogP contribution in [0.5, 0.6) is 0 Å². The third-order valence-corrected chi connectivity index (χ3v) is 12.6. The molecule has 0 radical (unpaired) electrons. The number of hydrogen-bond acceptors (Lipinski definition) is 13. The van der Waals surface area contributed by atoms with Crippen molar-refractivity contribution in [3.05, 3.63) is 108 Å². The minimum Gasteiger partial charge on any atom is -0.481 e. The first-order valence-corrected chi connectivity index (χ1v) is 24.2. The summed E-state index contributed by atoms with van der Waals surface area (Å²) in [6.07, 6.45) is 2.79. The number of aliphatic carboxylic acids is 1. The smallest absolute Gasteiger partial charge is 0.317 e. The van der Waals surface area contributed by atoms with Crippen LogP contribution in [0.25, 0.3) is 0 Å². The van der Waals surface area contributed by atoms with E-state index >= 15 is 0 Å². The fourth-order valence-electron chi connectivity index (χ4n) is 8.70. The number of ether oxygens (including phenoxy) is 2. The molecule has 3 aromatic carbocycles. The molecule has 5 rings (SSSR count). The van der Waals surface area contributed by atoms with Gasteiger partial charge in [-0.1, -0.05) is 119 Å². The van der Waals surface area contributed by atoms with Crippen molar-refractivity contribution in [2.45, 2.75) is 91.4 Å². The Morgan fingerprint density at radius 1 is 0.739 bits per heavy atom. The third-order valence-electron chi connectivity index (χ3n) is 12.6. The molecule has 2 fully saturated rings. The van der Waals surface area contributed by atoms with Gasteiger partial charge in [0.1, 0.15) is 0 Å². The number of carboxylic acid groups (broad SMARTS) is 1. The van der Waals surface area contributed by atoms with Crippen LogP contribution in [0.4, 0.5) is 0 Å². The van der Waals surface area contributed by atoms with Crippen molar-refractivity contribution in [2.24, 2.45) is 40.6 Å². The fourth-order valence-corrected chi connectivity index (χ4v) is 8.70. The molecule has 9 atom stereocenters. The van der Waals surface area contributed by atoms with Crippen LogP contribution in [-0.2, 0) is 38.2 Å². The standard InChI is InChI=1S/C33H44N2O6.C14H16O3.C5H13N3.C2H6O/c1-6-41-33(40)23(3)26(32(38)39)21-27(25-16-11-8-12-17-25)29-28(20-22(2)24-14-9-7-10-15-24)30(36)35(31(29)37)19-13-18-34(4)5;1-9(11-6-4-3-5-7-11)8-12-10(2)13(15)17-14(12)16;1-8(2)5-3-4-7-6;1-2-3/h7-12,14-17,22-23,26-29H,6,13,18-21H2,1-5H3,(H,38,39);3-7,9-10,12H,8H2,1-2H3;6H,3-5H2,1-2H3;3H,2H2,1H3. The number of imide groups is 1. The number of hydrogen-bond donors (Lipinski definition) is 3. The quantitative estimate of drug-likeness (QED) is 0.0286. The normalized spacial score (nSPS) is 19.7. The molecule has 2 amide bonds. The second-order valence-corrected chi connectivity index (χ2v) is 18.4. The number of rotatable bonds is 22. The zero-order chi connectivity index (χ0) is 51.6. The highest BCUT2D eigenvalue weighted by molar-refractivity contribution is 6.05. The Morgan fingerprint density at radius 2 is 1.20 bits per heavy atom. The van der Waals surface area contributed by atoms with Crippen LogP contribution < -0.4 is 0 Å². The molecule has 9 unspecified atom stereocenters. The van der Waals surface area contributed by atoms with E-state index < -0.39 is 41.5 Å². The molecule has 380 valence electrons. The second kappa shape index (κ2) is 31.5. The Bertz CT molecular complexity index is 2020. The van der Waals surface area contributed by atoms with Crippen LogP contribution in [0.3, 0.4) is 0 Å². The highest BCUT2D eigenvalue weighted by atomic mass is 16.6. The monoisotopic (exact) mass is 958 g/mol. The lowest BCUT2D eigenvalue weighted by atomic mass is 9.70. The maximum Gasteiger partial charge on any atom is 0.317 e. The Labute approximate surface area is 410 Å². The predicted molar refractivity (Wildman–Crippen MR) is 266 cm³/mol. The van der Waals surface area contributed by atoms with Crippen LogP contribution in [0.2, 0.25) is 0 Å². The first kappa shape index (κ1) is 59.5. The number of nitrogens with one attached hydrogen (secondary N) is 1. The van der Waals surface area contributed by atoms with E-state index in [4.69, 9.17) is 15.4 Å². The number of esters is 3. The molecule has 0 bridgehead atoms. The van der Waals surface area contributed by atoms with Crippen molar-refractivity contribution in [3.8, 4) is 0 Å². The maximum absolute atomic E-state index is 14.1. The number of nitrogens with zero attached hydrogens (tertiary/aromatic N) is 4. The molecule has 2 aliphatic heterocycles. The summed E-state index contributed by atoms with van der Waals surface area (Å²) in [6, 6.07) is 29.2. The van der Waals surface area contributed by atoms with E-state index in [-0.39, 0.29) is 67.1 Å². The number of aliphatic hydroxyl groups is 1. The zero-order valence-corrected chi connectivity index (χ0v) is 42.6. The topological polar surface area (TPSA) is 207 Å². The van der Waals surface area contributed by atoms with Gasteiger partial charge in [-0.25, -0.2) is 5.53 Å². The number of cyclic esters (lactones) is 2. The van der Waals surface area contributed by atoms with Crippen LogP contribution in [0, 0.1) is 41.0 Å². The number of carbonyl (C=O) groups excluding carboxylic acids is 5. The van der Waals surface area contributed by atoms with Crippen LogP contribution in [-0.4, -0.2) is 128 Å². The first-order chi connectivity index (χ1) is 32.8. The van der Waals surface area contributed by atoms with Gasteiger partial charge in [-0.2, -0.15) is 5.11 Å². The summed E-state index contributed by atoms with van der Waals surface area (Å²) in [5.41, 5.74) is 9.50. The molecule has 3 N–H and O–H groups in total. The highest BCUT2D eigenvalue weighted by Crippen LogP contribution is 2.46. The number of likely N-dealkylation sites (tertiary alicyclic amines) is 1. The predicted octanol–water partition coefficient (Wildman–Crippen LogP) is 8.29.